The quantitative estimate of drug-likeness (QED) is 0.931. The van der Waals surface area contributed by atoms with Gasteiger partial charge in [-0.15, -0.1) is 0 Å². The lowest BCUT2D eigenvalue weighted by Crippen LogP contribution is -2.09. The Bertz CT molecular complexity index is 555. The SMILES string of the molecule is COc1ccc(N(C)c2ccc(CO)c(Br)c2)cc1. The first kappa shape index (κ1) is 13.9. The number of ether oxygens (including phenoxy) is 1. The highest BCUT2D eigenvalue weighted by Crippen LogP contribution is 2.29. The monoisotopic (exact) mass is 321 g/mol. The molecule has 100 valence electrons. The van der Waals surface area contributed by atoms with Crippen LogP contribution in [0.3, 0.4) is 0 Å². The molecule has 2 aromatic rings. The van der Waals surface area contributed by atoms with Crippen molar-refractivity contribution >= 4 is 27.3 Å². The standard InChI is InChI=1S/C15H16BrNO2/c1-17(12-5-7-14(19-2)8-6-12)13-4-3-11(10-18)15(16)9-13/h3-9,18H,10H2,1-2H3. The molecule has 0 atom stereocenters. The molecule has 3 nitrogen and oxygen atoms in total. The van der Waals surface area contributed by atoms with E-state index in [1.165, 1.54) is 0 Å². The second-order valence-corrected chi connectivity index (χ2v) is 5.05. The van der Waals surface area contributed by atoms with Crippen molar-refractivity contribution in [2.45, 2.75) is 6.61 Å². The minimum atomic E-state index is 0.0348. The van der Waals surface area contributed by atoms with Crippen LogP contribution in [0.15, 0.2) is 46.9 Å². The van der Waals surface area contributed by atoms with E-state index in [4.69, 9.17) is 9.84 Å². The molecular formula is C15H16BrNO2. The zero-order valence-electron chi connectivity index (χ0n) is 10.9. The summed E-state index contributed by atoms with van der Waals surface area (Å²) in [5.74, 6) is 0.842. The third-order valence-corrected chi connectivity index (χ3v) is 3.79. The van der Waals surface area contributed by atoms with Crippen LogP contribution >= 0.6 is 15.9 Å². The van der Waals surface area contributed by atoms with Crippen LogP contribution in [0, 0.1) is 0 Å². The fourth-order valence-electron chi connectivity index (χ4n) is 1.83. The number of aliphatic hydroxyl groups is 1. The number of nitrogens with zero attached hydrogens (tertiary/aromatic N) is 1. The molecule has 0 fully saturated rings. The summed E-state index contributed by atoms with van der Waals surface area (Å²) >= 11 is 3.46. The van der Waals surface area contributed by atoms with Crippen LogP contribution in [0.4, 0.5) is 11.4 Å². The number of hydrogen-bond acceptors (Lipinski definition) is 3. The Morgan fingerprint density at radius 1 is 1.11 bits per heavy atom. The summed E-state index contributed by atoms with van der Waals surface area (Å²) in [5, 5.41) is 9.17. The summed E-state index contributed by atoms with van der Waals surface area (Å²) in [6, 6.07) is 13.8. The topological polar surface area (TPSA) is 32.7 Å². The van der Waals surface area contributed by atoms with Gasteiger partial charge in [0.05, 0.1) is 13.7 Å². The number of anilines is 2. The van der Waals surface area contributed by atoms with Crippen LogP contribution in [0.25, 0.3) is 0 Å². The van der Waals surface area contributed by atoms with Gasteiger partial charge in [0, 0.05) is 22.9 Å². The average Bonchev–Trinajstić information content (AvgIpc) is 2.46. The van der Waals surface area contributed by atoms with Gasteiger partial charge in [0.1, 0.15) is 5.75 Å². The first-order valence-corrected chi connectivity index (χ1v) is 6.72. The van der Waals surface area contributed by atoms with Gasteiger partial charge in [0.15, 0.2) is 0 Å². The molecule has 2 aromatic carbocycles. The van der Waals surface area contributed by atoms with Crippen LogP contribution in [0.5, 0.6) is 5.75 Å². The Morgan fingerprint density at radius 2 is 1.74 bits per heavy atom. The van der Waals surface area contributed by atoms with E-state index in [1.807, 2.05) is 49.5 Å². The third kappa shape index (κ3) is 3.08. The van der Waals surface area contributed by atoms with Crippen LogP contribution in [-0.2, 0) is 6.61 Å². The number of aliphatic hydroxyl groups excluding tert-OH is 1. The first-order valence-electron chi connectivity index (χ1n) is 5.92. The molecule has 0 spiro atoms. The molecule has 0 heterocycles. The molecule has 0 saturated heterocycles. The van der Waals surface area contributed by atoms with Crippen molar-refractivity contribution in [3.05, 3.63) is 52.5 Å². The predicted molar refractivity (Wildman–Crippen MR) is 81.1 cm³/mol. The van der Waals surface area contributed by atoms with E-state index in [0.717, 1.165) is 27.2 Å². The lowest BCUT2D eigenvalue weighted by atomic mass is 10.2. The molecule has 0 aliphatic heterocycles. The Kier molecular flexibility index (Phi) is 4.45. The second kappa shape index (κ2) is 6.08. The van der Waals surface area contributed by atoms with Crippen molar-refractivity contribution in [2.24, 2.45) is 0 Å². The molecule has 1 N–H and O–H groups in total. The zero-order chi connectivity index (χ0) is 13.8. The van der Waals surface area contributed by atoms with Crippen molar-refractivity contribution in [1.29, 1.82) is 0 Å². The molecule has 0 aromatic heterocycles. The Balaban J connectivity index is 2.27. The molecule has 0 unspecified atom stereocenters. The van der Waals surface area contributed by atoms with Crippen LogP contribution < -0.4 is 9.64 Å². The molecule has 0 aliphatic rings. The maximum atomic E-state index is 9.17. The fraction of sp³-hybridized carbons (Fsp3) is 0.200. The first-order chi connectivity index (χ1) is 9.15. The Labute approximate surface area is 121 Å². The van der Waals surface area contributed by atoms with Crippen LogP contribution in [0.2, 0.25) is 0 Å². The fourth-order valence-corrected chi connectivity index (χ4v) is 2.32. The molecule has 19 heavy (non-hydrogen) atoms. The van der Waals surface area contributed by atoms with Gasteiger partial charge in [0.25, 0.3) is 0 Å². The van der Waals surface area contributed by atoms with Crippen molar-refractivity contribution < 1.29 is 9.84 Å². The minimum Gasteiger partial charge on any atom is -0.497 e. The van der Waals surface area contributed by atoms with Gasteiger partial charge in [-0.2, -0.15) is 0 Å². The Hall–Kier alpha value is -1.52. The van der Waals surface area contributed by atoms with E-state index in [0.29, 0.717) is 0 Å². The van der Waals surface area contributed by atoms with Gasteiger partial charge in [-0.05, 0) is 42.0 Å². The van der Waals surface area contributed by atoms with Crippen molar-refractivity contribution in [3.8, 4) is 5.75 Å². The molecule has 4 heteroatoms. The molecular weight excluding hydrogens is 306 g/mol. The van der Waals surface area contributed by atoms with Crippen LogP contribution in [0.1, 0.15) is 5.56 Å². The number of rotatable bonds is 4. The summed E-state index contributed by atoms with van der Waals surface area (Å²) in [4.78, 5) is 2.07. The number of methoxy groups -OCH3 is 1. The van der Waals surface area contributed by atoms with Gasteiger partial charge in [-0.25, -0.2) is 0 Å². The maximum Gasteiger partial charge on any atom is 0.119 e. The predicted octanol–water partition coefficient (Wildman–Crippen LogP) is 3.72. The number of hydrogen-bond donors (Lipinski definition) is 1. The van der Waals surface area contributed by atoms with Crippen LogP contribution in [-0.4, -0.2) is 19.3 Å². The normalized spacial score (nSPS) is 10.3. The summed E-state index contributed by atoms with van der Waals surface area (Å²) in [5.41, 5.74) is 3.01. The molecule has 0 amide bonds. The average molecular weight is 322 g/mol. The van der Waals surface area contributed by atoms with Gasteiger partial charge in [-0.1, -0.05) is 22.0 Å². The summed E-state index contributed by atoms with van der Waals surface area (Å²) < 4.78 is 6.06. The molecule has 2 rings (SSSR count). The second-order valence-electron chi connectivity index (χ2n) is 4.19. The maximum absolute atomic E-state index is 9.17. The van der Waals surface area contributed by atoms with E-state index in [1.54, 1.807) is 7.11 Å². The van der Waals surface area contributed by atoms with E-state index in [-0.39, 0.29) is 6.61 Å². The number of halogens is 1. The molecule has 0 aliphatic carbocycles. The van der Waals surface area contributed by atoms with Crippen molar-refractivity contribution in [1.82, 2.24) is 0 Å². The molecule has 0 radical (unpaired) electrons. The minimum absolute atomic E-state index is 0.0348. The van der Waals surface area contributed by atoms with Crippen molar-refractivity contribution in [3.63, 3.8) is 0 Å². The largest absolute Gasteiger partial charge is 0.497 e. The van der Waals surface area contributed by atoms with E-state index in [9.17, 15) is 0 Å². The van der Waals surface area contributed by atoms with Gasteiger partial charge < -0.3 is 14.7 Å². The summed E-state index contributed by atoms with van der Waals surface area (Å²) in [6.07, 6.45) is 0. The zero-order valence-corrected chi connectivity index (χ0v) is 12.5. The van der Waals surface area contributed by atoms with Gasteiger partial charge in [-0.3, -0.25) is 0 Å². The van der Waals surface area contributed by atoms with Crippen molar-refractivity contribution in [2.75, 3.05) is 19.1 Å². The highest BCUT2D eigenvalue weighted by Gasteiger charge is 2.07. The molecule has 0 bridgehead atoms. The highest BCUT2D eigenvalue weighted by molar-refractivity contribution is 9.10. The summed E-state index contributed by atoms with van der Waals surface area (Å²) in [6.45, 7) is 0.0348. The molecule has 0 saturated carbocycles. The van der Waals surface area contributed by atoms with E-state index < -0.39 is 0 Å². The van der Waals surface area contributed by atoms with Gasteiger partial charge >= 0.3 is 0 Å². The number of benzene rings is 2. The highest BCUT2D eigenvalue weighted by atomic mass is 79.9. The Morgan fingerprint density at radius 3 is 2.26 bits per heavy atom. The third-order valence-electron chi connectivity index (χ3n) is 3.05. The lowest BCUT2D eigenvalue weighted by Gasteiger charge is -2.20. The summed E-state index contributed by atoms with van der Waals surface area (Å²) in [7, 11) is 3.66. The lowest BCUT2D eigenvalue weighted by molar-refractivity contribution is 0.281. The van der Waals surface area contributed by atoms with Gasteiger partial charge in [0.2, 0.25) is 0 Å². The van der Waals surface area contributed by atoms with E-state index >= 15 is 0 Å². The smallest absolute Gasteiger partial charge is 0.119 e. The van der Waals surface area contributed by atoms with E-state index in [2.05, 4.69) is 20.8 Å².